The predicted octanol–water partition coefficient (Wildman–Crippen LogP) is 6.06. The molecule has 0 unspecified atom stereocenters. The lowest BCUT2D eigenvalue weighted by Crippen LogP contribution is -2.20. The summed E-state index contributed by atoms with van der Waals surface area (Å²) in [7, 11) is 2.15. The second-order valence-electron chi connectivity index (χ2n) is 5.70. The molecule has 1 rings (SSSR count). The van der Waals surface area contributed by atoms with E-state index < -0.39 is 0 Å². The van der Waals surface area contributed by atoms with Crippen LogP contribution in [0.4, 0.5) is 5.69 Å². The lowest BCUT2D eigenvalue weighted by atomic mass is 10.0. The van der Waals surface area contributed by atoms with Gasteiger partial charge in [0.2, 0.25) is 0 Å². The maximum atomic E-state index is 3.88. The summed E-state index contributed by atoms with van der Waals surface area (Å²) < 4.78 is 3.49. The number of nitrogens with zero attached hydrogens (tertiary/aromatic N) is 1. The van der Waals surface area contributed by atoms with Crippen LogP contribution in [0.25, 0.3) is 5.57 Å². The molecule has 0 saturated carbocycles. The molecule has 0 aromatic heterocycles. The number of nitrogens with one attached hydrogen (secondary N) is 1. The van der Waals surface area contributed by atoms with Gasteiger partial charge in [0, 0.05) is 17.0 Å². The smallest absolute Gasteiger partial charge is 0.0519 e. The average Bonchev–Trinajstić information content (AvgIpc) is 2.60. The monoisotopic (exact) mass is 342 g/mol. The molecule has 0 fully saturated rings. The van der Waals surface area contributed by atoms with Crippen LogP contribution in [-0.2, 0) is 0 Å². The number of allylic oxidation sites excluding steroid dienone is 5. The molecule has 0 heterocycles. The van der Waals surface area contributed by atoms with E-state index in [9.17, 15) is 0 Å². The topological polar surface area (TPSA) is 15.3 Å². The average molecular weight is 343 g/mol. The van der Waals surface area contributed by atoms with Crippen molar-refractivity contribution in [1.29, 1.82) is 0 Å². The fraction of sp³-hybridized carbons (Fsp3) is 0.333. The third-order valence-electron chi connectivity index (χ3n) is 3.78. The van der Waals surface area contributed by atoms with Crippen LogP contribution in [0.1, 0.15) is 31.9 Å². The molecule has 1 aromatic rings. The summed E-state index contributed by atoms with van der Waals surface area (Å²) >= 11 is 1.59. The Bertz CT molecular complexity index is 627. The van der Waals surface area contributed by atoms with Crippen molar-refractivity contribution in [3.8, 4) is 0 Å². The zero-order chi connectivity index (χ0) is 17.9. The van der Waals surface area contributed by atoms with Crippen molar-refractivity contribution in [2.45, 2.75) is 27.7 Å². The Morgan fingerprint density at radius 1 is 1.33 bits per heavy atom. The first-order chi connectivity index (χ1) is 11.5. The molecule has 1 aromatic carbocycles. The number of rotatable bonds is 9. The summed E-state index contributed by atoms with van der Waals surface area (Å²) in [5.41, 5.74) is 5.01. The number of aryl methyl sites for hydroxylation is 1. The van der Waals surface area contributed by atoms with Gasteiger partial charge in [-0.2, -0.15) is 0 Å². The molecule has 1 N–H and O–H groups in total. The molecular weight excluding hydrogens is 312 g/mol. The summed E-state index contributed by atoms with van der Waals surface area (Å²) in [5, 5.41) is 0. The van der Waals surface area contributed by atoms with Gasteiger partial charge >= 0.3 is 0 Å². The van der Waals surface area contributed by atoms with E-state index in [0.29, 0.717) is 0 Å². The normalized spacial score (nSPS) is 12.9. The molecule has 0 amide bonds. The SMILES string of the molecule is C=C/C(=C\C=C/C)SNc1ccc(C)cc1/C(=C/C)CN(C)CC. The van der Waals surface area contributed by atoms with Crippen molar-refractivity contribution in [3.63, 3.8) is 0 Å². The van der Waals surface area contributed by atoms with Gasteiger partial charge in [-0.05, 0) is 70.1 Å². The fourth-order valence-electron chi connectivity index (χ4n) is 2.20. The Morgan fingerprint density at radius 2 is 2.08 bits per heavy atom. The number of benzene rings is 1. The largest absolute Gasteiger partial charge is 0.325 e. The van der Waals surface area contributed by atoms with E-state index in [4.69, 9.17) is 0 Å². The third-order valence-corrected chi connectivity index (χ3v) is 4.64. The van der Waals surface area contributed by atoms with E-state index in [2.05, 4.69) is 74.4 Å². The summed E-state index contributed by atoms with van der Waals surface area (Å²) in [4.78, 5) is 3.41. The summed E-state index contributed by atoms with van der Waals surface area (Å²) in [6, 6.07) is 6.56. The van der Waals surface area contributed by atoms with Crippen LogP contribution in [0.5, 0.6) is 0 Å². The second kappa shape index (κ2) is 11.0. The summed E-state index contributed by atoms with van der Waals surface area (Å²) in [5.74, 6) is 0. The molecule has 0 bridgehead atoms. The number of hydrogen-bond acceptors (Lipinski definition) is 3. The highest BCUT2D eigenvalue weighted by Crippen LogP contribution is 2.30. The summed E-state index contributed by atoms with van der Waals surface area (Å²) in [6.07, 6.45) is 10.2. The van der Waals surface area contributed by atoms with Gasteiger partial charge in [0.15, 0.2) is 0 Å². The van der Waals surface area contributed by atoms with Crippen molar-refractivity contribution in [3.05, 3.63) is 71.2 Å². The van der Waals surface area contributed by atoms with Crippen molar-refractivity contribution >= 4 is 23.2 Å². The van der Waals surface area contributed by atoms with E-state index in [-0.39, 0.29) is 0 Å². The van der Waals surface area contributed by atoms with Gasteiger partial charge in [-0.1, -0.05) is 49.4 Å². The molecular formula is C21H30N2S. The van der Waals surface area contributed by atoms with Crippen molar-refractivity contribution in [1.82, 2.24) is 4.90 Å². The van der Waals surface area contributed by atoms with E-state index in [0.717, 1.165) is 23.7 Å². The minimum atomic E-state index is 0.943. The number of likely N-dealkylation sites (N-methyl/N-ethyl adjacent to an activating group) is 1. The maximum absolute atomic E-state index is 3.88. The van der Waals surface area contributed by atoms with Gasteiger partial charge in [-0.3, -0.25) is 0 Å². The minimum Gasteiger partial charge on any atom is -0.325 e. The molecule has 0 radical (unpaired) electrons. The first kappa shape index (κ1) is 20.3. The number of anilines is 1. The Hall–Kier alpha value is -1.71. The zero-order valence-corrected chi connectivity index (χ0v) is 16.4. The van der Waals surface area contributed by atoms with Crippen molar-refractivity contribution in [2.75, 3.05) is 24.9 Å². The number of hydrogen-bond donors (Lipinski definition) is 1. The van der Waals surface area contributed by atoms with Gasteiger partial charge in [0.1, 0.15) is 0 Å². The first-order valence-electron chi connectivity index (χ1n) is 8.38. The molecule has 0 atom stereocenters. The molecule has 0 saturated heterocycles. The molecule has 24 heavy (non-hydrogen) atoms. The lowest BCUT2D eigenvalue weighted by Gasteiger charge is -2.20. The van der Waals surface area contributed by atoms with Gasteiger partial charge < -0.3 is 9.62 Å². The summed E-state index contributed by atoms with van der Waals surface area (Å²) in [6.45, 7) is 14.3. The van der Waals surface area contributed by atoms with E-state index >= 15 is 0 Å². The highest BCUT2D eigenvalue weighted by Gasteiger charge is 2.10. The predicted molar refractivity (Wildman–Crippen MR) is 112 cm³/mol. The Balaban J connectivity index is 3.05. The van der Waals surface area contributed by atoms with E-state index in [1.165, 1.54) is 16.7 Å². The first-order valence-corrected chi connectivity index (χ1v) is 9.20. The highest BCUT2D eigenvalue weighted by atomic mass is 32.2. The highest BCUT2D eigenvalue weighted by molar-refractivity contribution is 8.04. The quantitative estimate of drug-likeness (QED) is 0.434. The van der Waals surface area contributed by atoms with Gasteiger partial charge in [0.25, 0.3) is 0 Å². The minimum absolute atomic E-state index is 0.943. The van der Waals surface area contributed by atoms with Crippen LogP contribution < -0.4 is 4.72 Å². The van der Waals surface area contributed by atoms with Crippen LogP contribution in [0.3, 0.4) is 0 Å². The molecule has 3 heteroatoms. The van der Waals surface area contributed by atoms with E-state index in [1.807, 2.05) is 25.2 Å². The van der Waals surface area contributed by atoms with Crippen LogP contribution >= 0.6 is 11.9 Å². The van der Waals surface area contributed by atoms with Crippen molar-refractivity contribution < 1.29 is 0 Å². The second-order valence-corrected chi connectivity index (χ2v) is 6.58. The third kappa shape index (κ3) is 6.42. The Labute approximate surface area is 152 Å². The van der Waals surface area contributed by atoms with Crippen LogP contribution in [0, 0.1) is 6.92 Å². The standard InChI is InChI=1S/C21H30N2S/c1-7-11-12-19(9-3)24-22-21-14-13-17(5)15-20(21)18(8-2)16-23(6)10-4/h7-9,11-15,22H,3,10,16H2,1-2,4-6H3/b11-7-,18-8+,19-12+. The van der Waals surface area contributed by atoms with Crippen LogP contribution in [0.2, 0.25) is 0 Å². The lowest BCUT2D eigenvalue weighted by molar-refractivity contribution is 0.398. The van der Waals surface area contributed by atoms with Gasteiger partial charge in [0.05, 0.1) is 5.69 Å². The molecule has 130 valence electrons. The fourth-order valence-corrected chi connectivity index (χ4v) is 2.83. The van der Waals surface area contributed by atoms with Crippen molar-refractivity contribution in [2.24, 2.45) is 0 Å². The van der Waals surface area contributed by atoms with Gasteiger partial charge in [-0.15, -0.1) is 0 Å². The maximum Gasteiger partial charge on any atom is 0.0519 e. The van der Waals surface area contributed by atoms with Gasteiger partial charge in [-0.25, -0.2) is 0 Å². The van der Waals surface area contributed by atoms with Crippen LogP contribution in [0.15, 0.2) is 60.1 Å². The van der Waals surface area contributed by atoms with Crippen LogP contribution in [-0.4, -0.2) is 25.0 Å². The van der Waals surface area contributed by atoms with E-state index in [1.54, 1.807) is 11.9 Å². The molecule has 0 aliphatic heterocycles. The molecule has 0 aliphatic carbocycles. The Morgan fingerprint density at radius 3 is 2.67 bits per heavy atom. The molecule has 2 nitrogen and oxygen atoms in total. The zero-order valence-electron chi connectivity index (χ0n) is 15.6. The Kier molecular flexibility index (Phi) is 9.28. The molecule has 0 aliphatic rings. The molecule has 0 spiro atoms.